The second-order valence-electron chi connectivity index (χ2n) is 5.60. The van der Waals surface area contributed by atoms with Gasteiger partial charge in [0.05, 0.1) is 0 Å². The van der Waals surface area contributed by atoms with Crippen LogP contribution in [0, 0.1) is 24.0 Å². The Labute approximate surface area is 124 Å². The zero-order valence-corrected chi connectivity index (χ0v) is 11.8. The maximum absolute atomic E-state index is 13.7. The van der Waals surface area contributed by atoms with E-state index in [0.717, 1.165) is 32.1 Å². The van der Waals surface area contributed by atoms with Crippen molar-refractivity contribution in [3.63, 3.8) is 0 Å². The maximum Gasteiger partial charge on any atom is 0.129 e. The summed E-state index contributed by atoms with van der Waals surface area (Å²) in [6.45, 7) is 2.86. The minimum atomic E-state index is -0.526. The molecule has 0 aromatic heterocycles. The Balaban J connectivity index is 1.57. The van der Waals surface area contributed by atoms with E-state index in [2.05, 4.69) is 17.0 Å². The first kappa shape index (κ1) is 14.2. The van der Waals surface area contributed by atoms with Crippen molar-refractivity contribution in [3.05, 3.63) is 77.7 Å². The summed E-state index contributed by atoms with van der Waals surface area (Å²) in [7, 11) is 0. The molecule has 0 N–H and O–H groups in total. The fraction of sp³-hybridized carbons (Fsp3) is 0.278. The van der Waals surface area contributed by atoms with Gasteiger partial charge in [0, 0.05) is 19.2 Å². The van der Waals surface area contributed by atoms with Crippen LogP contribution in [-0.4, -0.2) is 18.0 Å². The summed E-state index contributed by atoms with van der Waals surface area (Å²) >= 11 is 0. The predicted octanol–water partition coefficient (Wildman–Crippen LogP) is 4.04. The van der Waals surface area contributed by atoms with Gasteiger partial charge < -0.3 is 0 Å². The van der Waals surface area contributed by atoms with Crippen molar-refractivity contribution in [2.45, 2.75) is 13.0 Å². The van der Waals surface area contributed by atoms with Crippen LogP contribution in [0.1, 0.15) is 17.5 Å². The Morgan fingerprint density at radius 1 is 1.10 bits per heavy atom. The molecule has 2 aromatic carbocycles. The van der Waals surface area contributed by atoms with E-state index in [1.54, 1.807) is 0 Å². The third-order valence-electron chi connectivity index (χ3n) is 3.94. The van der Waals surface area contributed by atoms with Crippen LogP contribution in [0.25, 0.3) is 0 Å². The van der Waals surface area contributed by atoms with Gasteiger partial charge in [-0.2, -0.15) is 0 Å². The molecule has 0 spiro atoms. The number of rotatable bonds is 4. The highest BCUT2D eigenvalue weighted by molar-refractivity contribution is 5.27. The smallest absolute Gasteiger partial charge is 0.129 e. The standard InChI is InChI=1S/C18H18F2N/c19-17-7-6-16(18(20)11-17)10-15-8-9-21(13-15)12-14-4-2-1-3-5-14/h1-7,10-11,15H,8-9,12-13H2. The van der Waals surface area contributed by atoms with E-state index in [0.29, 0.717) is 11.5 Å². The fourth-order valence-corrected chi connectivity index (χ4v) is 2.87. The number of hydrogen-bond acceptors (Lipinski definition) is 1. The van der Waals surface area contributed by atoms with Crippen molar-refractivity contribution < 1.29 is 8.78 Å². The van der Waals surface area contributed by atoms with Gasteiger partial charge >= 0.3 is 0 Å². The number of likely N-dealkylation sites (tertiary alicyclic amines) is 1. The number of nitrogens with zero attached hydrogens (tertiary/aromatic N) is 1. The van der Waals surface area contributed by atoms with E-state index in [9.17, 15) is 8.78 Å². The molecule has 1 heterocycles. The SMILES string of the molecule is Fc1ccc([CH]C2CCN(Cc3ccccc3)C2)c(F)c1. The minimum absolute atomic E-state index is 0.327. The first-order valence-electron chi connectivity index (χ1n) is 7.27. The van der Waals surface area contributed by atoms with E-state index in [1.807, 2.05) is 24.6 Å². The maximum atomic E-state index is 13.7. The Kier molecular flexibility index (Phi) is 4.30. The number of halogens is 2. The molecule has 0 amide bonds. The molecule has 1 aliphatic heterocycles. The third kappa shape index (κ3) is 3.67. The lowest BCUT2D eigenvalue weighted by Gasteiger charge is -2.16. The molecule has 0 bridgehead atoms. The molecule has 1 aliphatic rings. The van der Waals surface area contributed by atoms with Gasteiger partial charge in [0.2, 0.25) is 0 Å². The average molecular weight is 286 g/mol. The summed E-state index contributed by atoms with van der Waals surface area (Å²) in [4.78, 5) is 2.37. The molecule has 2 aromatic rings. The van der Waals surface area contributed by atoms with Gasteiger partial charge in [-0.25, -0.2) is 8.78 Å². The molecule has 1 radical (unpaired) electrons. The van der Waals surface area contributed by atoms with E-state index in [-0.39, 0.29) is 0 Å². The zero-order valence-electron chi connectivity index (χ0n) is 11.8. The van der Waals surface area contributed by atoms with Crippen LogP contribution in [-0.2, 0) is 6.54 Å². The second kappa shape index (κ2) is 6.35. The lowest BCUT2D eigenvalue weighted by atomic mass is 9.98. The molecule has 109 valence electrons. The largest absolute Gasteiger partial charge is 0.299 e. The van der Waals surface area contributed by atoms with Crippen molar-refractivity contribution in [2.24, 2.45) is 5.92 Å². The Morgan fingerprint density at radius 3 is 2.67 bits per heavy atom. The van der Waals surface area contributed by atoms with Crippen molar-refractivity contribution in [1.29, 1.82) is 0 Å². The van der Waals surface area contributed by atoms with Crippen LogP contribution in [0.3, 0.4) is 0 Å². The number of benzene rings is 2. The van der Waals surface area contributed by atoms with E-state index in [1.165, 1.54) is 17.7 Å². The van der Waals surface area contributed by atoms with Gasteiger partial charge in [-0.3, -0.25) is 4.90 Å². The van der Waals surface area contributed by atoms with Gasteiger partial charge in [0.25, 0.3) is 0 Å². The lowest BCUT2D eigenvalue weighted by Crippen LogP contribution is -2.20. The van der Waals surface area contributed by atoms with E-state index < -0.39 is 11.6 Å². The van der Waals surface area contributed by atoms with Gasteiger partial charge in [-0.15, -0.1) is 0 Å². The van der Waals surface area contributed by atoms with Crippen LogP contribution >= 0.6 is 0 Å². The second-order valence-corrected chi connectivity index (χ2v) is 5.60. The first-order valence-corrected chi connectivity index (χ1v) is 7.27. The quantitative estimate of drug-likeness (QED) is 0.820. The molecule has 21 heavy (non-hydrogen) atoms. The first-order chi connectivity index (χ1) is 10.2. The molecule has 0 saturated carbocycles. The molecule has 1 unspecified atom stereocenters. The molecule has 3 heteroatoms. The van der Waals surface area contributed by atoms with Crippen LogP contribution in [0.4, 0.5) is 8.78 Å². The number of hydrogen-bond donors (Lipinski definition) is 0. The predicted molar refractivity (Wildman–Crippen MR) is 79.6 cm³/mol. The molecule has 1 saturated heterocycles. The van der Waals surface area contributed by atoms with Gasteiger partial charge in [0.15, 0.2) is 0 Å². The molecular weight excluding hydrogens is 268 g/mol. The Bertz CT molecular complexity index is 597. The summed E-state index contributed by atoms with van der Waals surface area (Å²) in [6, 6.07) is 14.1. The summed E-state index contributed by atoms with van der Waals surface area (Å²) in [5.41, 5.74) is 1.80. The normalized spacial score (nSPS) is 19.0. The van der Waals surface area contributed by atoms with E-state index >= 15 is 0 Å². The van der Waals surface area contributed by atoms with E-state index in [4.69, 9.17) is 0 Å². The highest BCUT2D eigenvalue weighted by atomic mass is 19.1. The third-order valence-corrected chi connectivity index (χ3v) is 3.94. The van der Waals surface area contributed by atoms with Crippen LogP contribution in [0.15, 0.2) is 48.5 Å². The topological polar surface area (TPSA) is 3.24 Å². The van der Waals surface area contributed by atoms with Crippen LogP contribution in [0.2, 0.25) is 0 Å². The minimum Gasteiger partial charge on any atom is -0.299 e. The summed E-state index contributed by atoms with van der Waals surface area (Å²) in [5, 5.41) is 0. The average Bonchev–Trinajstić information content (AvgIpc) is 2.90. The van der Waals surface area contributed by atoms with Crippen molar-refractivity contribution >= 4 is 0 Å². The van der Waals surface area contributed by atoms with Crippen molar-refractivity contribution in [3.8, 4) is 0 Å². The van der Waals surface area contributed by atoms with Crippen LogP contribution < -0.4 is 0 Å². The van der Waals surface area contributed by atoms with Crippen molar-refractivity contribution in [1.82, 2.24) is 4.90 Å². The highest BCUT2D eigenvalue weighted by Gasteiger charge is 2.23. The van der Waals surface area contributed by atoms with Gasteiger partial charge in [-0.05, 0) is 42.5 Å². The Hall–Kier alpha value is -1.74. The lowest BCUT2D eigenvalue weighted by molar-refractivity contribution is 0.322. The van der Waals surface area contributed by atoms with Gasteiger partial charge in [0.1, 0.15) is 11.6 Å². The molecule has 3 rings (SSSR count). The summed E-state index contributed by atoms with van der Waals surface area (Å²) in [6.07, 6.45) is 2.95. The van der Waals surface area contributed by atoms with Crippen molar-refractivity contribution in [2.75, 3.05) is 13.1 Å². The molecule has 1 fully saturated rings. The fourth-order valence-electron chi connectivity index (χ4n) is 2.87. The molecular formula is C18H18F2N. The highest BCUT2D eigenvalue weighted by Crippen LogP contribution is 2.25. The Morgan fingerprint density at radius 2 is 1.90 bits per heavy atom. The summed E-state index contributed by atoms with van der Waals surface area (Å²) in [5.74, 6) is -0.674. The van der Waals surface area contributed by atoms with Gasteiger partial charge in [-0.1, -0.05) is 36.4 Å². The molecule has 0 aliphatic carbocycles. The van der Waals surface area contributed by atoms with Crippen LogP contribution in [0.5, 0.6) is 0 Å². The zero-order chi connectivity index (χ0) is 14.7. The molecule has 1 nitrogen and oxygen atoms in total. The molecule has 1 atom stereocenters. The summed E-state index contributed by atoms with van der Waals surface area (Å²) < 4.78 is 26.6. The monoisotopic (exact) mass is 286 g/mol.